The number of amides is 1. The molecule has 6 heteroatoms. The minimum Gasteiger partial charge on any atom is -0.394 e. The van der Waals surface area contributed by atoms with Crippen molar-refractivity contribution in [2.24, 2.45) is 5.92 Å². The second-order valence-electron chi connectivity index (χ2n) is 7.08. The molecule has 1 aliphatic rings. The first-order valence-corrected chi connectivity index (χ1v) is 9.72. The number of hydrogen-bond acceptors (Lipinski definition) is 3. The highest BCUT2D eigenvalue weighted by Gasteiger charge is 2.42. The smallest absolute Gasteiger partial charge is 0.249 e. The summed E-state index contributed by atoms with van der Waals surface area (Å²) in [6, 6.07) is 14.2. The van der Waals surface area contributed by atoms with Crippen molar-refractivity contribution < 1.29 is 14.6 Å². The summed E-state index contributed by atoms with van der Waals surface area (Å²) in [5.74, 6) is -0.0483. The molecule has 1 N–H and O–H groups in total. The van der Waals surface area contributed by atoms with Crippen LogP contribution in [0.2, 0.25) is 10.0 Å². The normalized spacial score (nSPS) is 21.6. The van der Waals surface area contributed by atoms with E-state index in [-0.39, 0.29) is 37.1 Å². The van der Waals surface area contributed by atoms with E-state index in [4.69, 9.17) is 27.9 Å². The molecule has 1 heterocycles. The molecule has 0 saturated carbocycles. The Morgan fingerprint density at radius 1 is 1.11 bits per heavy atom. The predicted octanol–water partition coefficient (Wildman–Crippen LogP) is 4.65. The van der Waals surface area contributed by atoms with E-state index in [1.165, 1.54) is 0 Å². The fourth-order valence-corrected chi connectivity index (χ4v) is 3.92. The molecule has 2 aromatic carbocycles. The molecule has 1 saturated heterocycles. The number of carbonyl (C=O) groups is 1. The molecule has 0 spiro atoms. The van der Waals surface area contributed by atoms with Crippen molar-refractivity contribution in [1.29, 1.82) is 0 Å². The first-order valence-electron chi connectivity index (χ1n) is 8.97. The summed E-state index contributed by atoms with van der Waals surface area (Å²) in [7, 11) is 0. The van der Waals surface area contributed by atoms with E-state index in [1.54, 1.807) is 23.1 Å². The fourth-order valence-electron chi connectivity index (χ4n) is 3.60. The molecule has 0 unspecified atom stereocenters. The van der Waals surface area contributed by atoms with Crippen LogP contribution >= 0.6 is 23.2 Å². The minimum absolute atomic E-state index is 0.0372. The first-order chi connectivity index (χ1) is 12.9. The van der Waals surface area contributed by atoms with Gasteiger partial charge >= 0.3 is 0 Å². The number of halogens is 2. The molecule has 3 rings (SSSR count). The Labute approximate surface area is 169 Å². The lowest BCUT2D eigenvalue weighted by molar-refractivity contribution is -0.166. The molecule has 0 aliphatic carbocycles. The van der Waals surface area contributed by atoms with E-state index < -0.39 is 6.10 Å². The van der Waals surface area contributed by atoms with Crippen LogP contribution in [0.25, 0.3) is 0 Å². The third kappa shape index (κ3) is 4.30. The van der Waals surface area contributed by atoms with Gasteiger partial charge in [-0.15, -0.1) is 0 Å². The minimum atomic E-state index is -0.393. The van der Waals surface area contributed by atoms with E-state index in [1.807, 2.05) is 44.2 Å². The first kappa shape index (κ1) is 20.2. The Bertz CT molecular complexity index is 794. The third-order valence-corrected chi connectivity index (χ3v) is 5.45. The molecule has 1 fully saturated rings. The molecular formula is C21H23Cl2NO3. The zero-order valence-electron chi connectivity index (χ0n) is 15.3. The Morgan fingerprint density at radius 3 is 2.41 bits per heavy atom. The molecule has 0 aromatic heterocycles. The van der Waals surface area contributed by atoms with Gasteiger partial charge < -0.3 is 14.7 Å². The van der Waals surface area contributed by atoms with Crippen molar-refractivity contribution >= 4 is 29.1 Å². The van der Waals surface area contributed by atoms with Gasteiger partial charge in [0.2, 0.25) is 5.91 Å². The quantitative estimate of drug-likeness (QED) is 0.784. The number of rotatable bonds is 5. The maximum absolute atomic E-state index is 12.8. The van der Waals surface area contributed by atoms with Crippen LogP contribution < -0.4 is 0 Å². The molecule has 1 aliphatic heterocycles. The predicted molar refractivity (Wildman–Crippen MR) is 107 cm³/mol. The van der Waals surface area contributed by atoms with Gasteiger partial charge in [0, 0.05) is 10.0 Å². The van der Waals surface area contributed by atoms with Gasteiger partial charge in [-0.2, -0.15) is 0 Å². The van der Waals surface area contributed by atoms with Crippen LogP contribution in [0.1, 0.15) is 37.1 Å². The summed E-state index contributed by atoms with van der Waals surface area (Å²) in [5, 5.41) is 11.2. The summed E-state index contributed by atoms with van der Waals surface area (Å²) < 4.78 is 5.97. The van der Waals surface area contributed by atoms with Crippen LogP contribution in [0.4, 0.5) is 0 Å². The zero-order chi connectivity index (χ0) is 19.6. The number of carbonyl (C=O) groups excluding carboxylic acids is 1. The number of benzene rings is 2. The molecule has 3 atom stereocenters. The molecular weight excluding hydrogens is 385 g/mol. The van der Waals surface area contributed by atoms with Crippen molar-refractivity contribution in [2.75, 3.05) is 13.2 Å². The summed E-state index contributed by atoms with van der Waals surface area (Å²) in [6.07, 6.45) is -0.393. The zero-order valence-corrected chi connectivity index (χ0v) is 16.8. The van der Waals surface area contributed by atoms with E-state index in [0.29, 0.717) is 10.0 Å². The molecule has 0 radical (unpaired) electrons. The average Bonchev–Trinajstić information content (AvgIpc) is 2.64. The van der Waals surface area contributed by atoms with Gasteiger partial charge in [-0.3, -0.25) is 4.79 Å². The molecule has 1 amide bonds. The number of morpholine rings is 1. The molecule has 144 valence electrons. The van der Waals surface area contributed by atoms with Crippen LogP contribution in [0.5, 0.6) is 0 Å². The highest BCUT2D eigenvalue weighted by molar-refractivity contribution is 6.30. The summed E-state index contributed by atoms with van der Waals surface area (Å²) in [5.41, 5.74) is 1.79. The standard InChI is InChI=1S/C21H23Cl2NO3/c1-13(2)18(11-25)24-19(26)12-27-21(15-4-3-5-17(23)10-15)20(24)14-6-8-16(22)9-7-14/h3-10,13,18,20-21,25H,11-12H2,1-2H3/t18-,20-,21-/m1/s1. The molecule has 0 bridgehead atoms. The van der Waals surface area contributed by atoms with E-state index in [2.05, 4.69) is 0 Å². The van der Waals surface area contributed by atoms with Gasteiger partial charge in [0.05, 0.1) is 18.7 Å². The Hall–Kier alpha value is -1.59. The lowest BCUT2D eigenvalue weighted by Crippen LogP contribution is -2.53. The molecule has 27 heavy (non-hydrogen) atoms. The average molecular weight is 408 g/mol. The summed E-state index contributed by atoms with van der Waals surface area (Å²) in [6.45, 7) is 3.84. The maximum atomic E-state index is 12.8. The fraction of sp³-hybridized carbons (Fsp3) is 0.381. The van der Waals surface area contributed by atoms with Gasteiger partial charge in [0.15, 0.2) is 0 Å². The monoisotopic (exact) mass is 407 g/mol. The van der Waals surface area contributed by atoms with E-state index >= 15 is 0 Å². The molecule has 4 nitrogen and oxygen atoms in total. The van der Waals surface area contributed by atoms with Crippen LogP contribution in [0, 0.1) is 5.92 Å². The van der Waals surface area contributed by atoms with Crippen molar-refractivity contribution in [2.45, 2.75) is 32.0 Å². The van der Waals surface area contributed by atoms with Crippen LogP contribution in [-0.4, -0.2) is 35.2 Å². The summed E-state index contributed by atoms with van der Waals surface area (Å²) >= 11 is 12.3. The van der Waals surface area contributed by atoms with Crippen LogP contribution in [0.15, 0.2) is 48.5 Å². The summed E-state index contributed by atoms with van der Waals surface area (Å²) in [4.78, 5) is 14.6. The Morgan fingerprint density at radius 2 is 1.81 bits per heavy atom. The van der Waals surface area contributed by atoms with Crippen molar-refractivity contribution in [3.05, 3.63) is 69.7 Å². The highest BCUT2D eigenvalue weighted by atomic mass is 35.5. The van der Waals surface area contributed by atoms with Crippen molar-refractivity contribution in [3.8, 4) is 0 Å². The van der Waals surface area contributed by atoms with Crippen LogP contribution in [0.3, 0.4) is 0 Å². The number of nitrogens with zero attached hydrogens (tertiary/aromatic N) is 1. The Kier molecular flexibility index (Phi) is 6.43. The van der Waals surface area contributed by atoms with E-state index in [0.717, 1.165) is 11.1 Å². The maximum Gasteiger partial charge on any atom is 0.249 e. The Balaban J connectivity index is 2.11. The van der Waals surface area contributed by atoms with Gasteiger partial charge in [-0.05, 0) is 41.3 Å². The van der Waals surface area contributed by atoms with Gasteiger partial charge in [-0.1, -0.05) is 61.3 Å². The number of aliphatic hydroxyl groups excluding tert-OH is 1. The topological polar surface area (TPSA) is 49.8 Å². The SMILES string of the molecule is CC(C)[C@@H](CO)N1C(=O)CO[C@H](c2cccc(Cl)c2)[C@H]1c1ccc(Cl)cc1. The number of hydrogen-bond donors (Lipinski definition) is 1. The number of aliphatic hydroxyl groups is 1. The lowest BCUT2D eigenvalue weighted by Gasteiger charge is -2.46. The van der Waals surface area contributed by atoms with E-state index in [9.17, 15) is 9.90 Å². The van der Waals surface area contributed by atoms with Gasteiger partial charge in [-0.25, -0.2) is 0 Å². The van der Waals surface area contributed by atoms with Crippen LogP contribution in [-0.2, 0) is 9.53 Å². The van der Waals surface area contributed by atoms with Crippen molar-refractivity contribution in [3.63, 3.8) is 0 Å². The second-order valence-corrected chi connectivity index (χ2v) is 7.95. The lowest BCUT2D eigenvalue weighted by atomic mass is 9.89. The highest BCUT2D eigenvalue weighted by Crippen LogP contribution is 2.42. The van der Waals surface area contributed by atoms with Gasteiger partial charge in [0.1, 0.15) is 12.7 Å². The molecule has 2 aromatic rings. The largest absolute Gasteiger partial charge is 0.394 e. The second kappa shape index (κ2) is 8.61. The third-order valence-electron chi connectivity index (χ3n) is 4.96. The van der Waals surface area contributed by atoms with Crippen molar-refractivity contribution in [1.82, 2.24) is 4.90 Å². The number of ether oxygens (including phenoxy) is 1. The van der Waals surface area contributed by atoms with Gasteiger partial charge in [0.25, 0.3) is 0 Å².